The summed E-state index contributed by atoms with van der Waals surface area (Å²) in [5.74, 6) is 0.142. The van der Waals surface area contributed by atoms with Crippen molar-refractivity contribution in [3.63, 3.8) is 0 Å². The topological polar surface area (TPSA) is 46.2 Å². The molecule has 124 valence electrons. The lowest BCUT2D eigenvalue weighted by Crippen LogP contribution is -2.51. The quantitative estimate of drug-likeness (QED) is 0.792. The Kier molecular flexibility index (Phi) is 5.85. The van der Waals surface area contributed by atoms with Gasteiger partial charge in [0.2, 0.25) is 5.91 Å². The molecule has 0 unspecified atom stereocenters. The van der Waals surface area contributed by atoms with Crippen LogP contribution in [0.25, 0.3) is 0 Å². The van der Waals surface area contributed by atoms with Crippen molar-refractivity contribution in [3.8, 4) is 0 Å². The van der Waals surface area contributed by atoms with Crippen LogP contribution in [0.4, 0.5) is 0 Å². The highest BCUT2D eigenvalue weighted by Crippen LogP contribution is 2.35. The van der Waals surface area contributed by atoms with Crippen molar-refractivity contribution in [2.24, 2.45) is 16.2 Å². The maximum Gasteiger partial charge on any atom is 0.226 e. The number of Topliss-reactive ketones (excluding diaryl/α,β-unsaturated/α-hetero) is 1. The first-order valence-electron chi connectivity index (χ1n) is 7.82. The molecule has 0 atom stereocenters. The van der Waals surface area contributed by atoms with Crippen LogP contribution in [-0.2, 0) is 9.59 Å². The molecule has 3 nitrogen and oxygen atoms in total. The number of hydrogen-bond donors (Lipinski definition) is 1. The molecule has 0 heterocycles. The summed E-state index contributed by atoms with van der Waals surface area (Å²) < 4.78 is 0. The fourth-order valence-corrected chi connectivity index (χ4v) is 3.16. The molecular weight excluding hydrogens is 262 g/mol. The number of carbonyl (C=O) groups is 2. The molecule has 0 spiro atoms. The van der Waals surface area contributed by atoms with E-state index in [0.717, 1.165) is 6.42 Å². The van der Waals surface area contributed by atoms with E-state index in [1.807, 2.05) is 27.7 Å². The van der Waals surface area contributed by atoms with E-state index in [9.17, 15) is 9.59 Å². The minimum atomic E-state index is -0.565. The zero-order valence-electron chi connectivity index (χ0n) is 15.7. The highest BCUT2D eigenvalue weighted by atomic mass is 16.2. The molecule has 21 heavy (non-hydrogen) atoms. The second-order valence-corrected chi connectivity index (χ2v) is 9.58. The van der Waals surface area contributed by atoms with Crippen LogP contribution >= 0.6 is 0 Å². The molecule has 0 aromatic carbocycles. The first kappa shape index (κ1) is 20.1. The van der Waals surface area contributed by atoms with Gasteiger partial charge in [-0.25, -0.2) is 0 Å². The first-order chi connectivity index (χ1) is 8.99. The minimum absolute atomic E-state index is 0.0195. The standard InChI is InChI=1S/C18H35NO2/c1-13(20)16(5,6)12-17(7,8)14(21)19-18(9,10)11-15(2,3)4/h11-12H2,1-10H3,(H,19,21). The van der Waals surface area contributed by atoms with Gasteiger partial charge in [0, 0.05) is 16.4 Å². The normalized spacial score (nSPS) is 14.0. The van der Waals surface area contributed by atoms with Crippen LogP contribution < -0.4 is 5.32 Å². The SMILES string of the molecule is CC(=O)C(C)(C)CC(C)(C)C(=O)NC(C)(C)CC(C)(C)C. The summed E-state index contributed by atoms with van der Waals surface area (Å²) in [7, 11) is 0. The van der Waals surface area contributed by atoms with Crippen molar-refractivity contribution in [2.75, 3.05) is 0 Å². The van der Waals surface area contributed by atoms with Gasteiger partial charge in [-0.15, -0.1) is 0 Å². The lowest BCUT2D eigenvalue weighted by molar-refractivity contribution is -0.135. The number of amides is 1. The average molecular weight is 297 g/mol. The minimum Gasteiger partial charge on any atom is -0.351 e. The van der Waals surface area contributed by atoms with Gasteiger partial charge in [-0.2, -0.15) is 0 Å². The second-order valence-electron chi connectivity index (χ2n) is 9.58. The van der Waals surface area contributed by atoms with Crippen LogP contribution in [0.1, 0.15) is 82.1 Å². The predicted octanol–water partition coefficient (Wildman–Crippen LogP) is 4.35. The first-order valence-corrected chi connectivity index (χ1v) is 7.82. The molecule has 1 amide bonds. The van der Waals surface area contributed by atoms with Crippen molar-refractivity contribution < 1.29 is 9.59 Å². The molecule has 1 N–H and O–H groups in total. The third-order valence-electron chi connectivity index (χ3n) is 3.88. The fraction of sp³-hybridized carbons (Fsp3) is 0.889. The van der Waals surface area contributed by atoms with E-state index in [1.54, 1.807) is 6.92 Å². The summed E-state index contributed by atoms with van der Waals surface area (Å²) in [6.45, 7) is 19.9. The van der Waals surface area contributed by atoms with E-state index < -0.39 is 10.8 Å². The van der Waals surface area contributed by atoms with Gasteiger partial charge in [0.1, 0.15) is 5.78 Å². The molecule has 0 rings (SSSR count). The van der Waals surface area contributed by atoms with Gasteiger partial charge in [0.05, 0.1) is 0 Å². The lowest BCUT2D eigenvalue weighted by atomic mass is 9.72. The molecule has 0 radical (unpaired) electrons. The van der Waals surface area contributed by atoms with E-state index >= 15 is 0 Å². The molecule has 0 saturated carbocycles. The highest BCUT2D eigenvalue weighted by Gasteiger charge is 2.39. The molecule has 0 saturated heterocycles. The molecule has 0 aromatic heterocycles. The number of nitrogens with one attached hydrogen (secondary N) is 1. The predicted molar refractivity (Wildman–Crippen MR) is 89.2 cm³/mol. The maximum absolute atomic E-state index is 12.6. The second kappa shape index (κ2) is 6.10. The molecule has 0 fully saturated rings. The van der Waals surface area contributed by atoms with Gasteiger partial charge in [-0.05, 0) is 39.0 Å². The summed E-state index contributed by atoms with van der Waals surface area (Å²) in [6.07, 6.45) is 1.45. The Balaban J connectivity index is 4.96. The monoisotopic (exact) mass is 297 g/mol. The zero-order valence-corrected chi connectivity index (χ0v) is 15.7. The van der Waals surface area contributed by atoms with Crippen molar-refractivity contribution in [1.29, 1.82) is 0 Å². The van der Waals surface area contributed by atoms with E-state index in [0.29, 0.717) is 6.42 Å². The van der Waals surface area contributed by atoms with Gasteiger partial charge in [0.15, 0.2) is 0 Å². The van der Waals surface area contributed by atoms with Crippen molar-refractivity contribution in [1.82, 2.24) is 5.32 Å². The Labute approximate surface area is 131 Å². The van der Waals surface area contributed by atoms with Crippen molar-refractivity contribution in [3.05, 3.63) is 0 Å². The highest BCUT2D eigenvalue weighted by molar-refractivity contribution is 5.85. The van der Waals surface area contributed by atoms with Crippen LogP contribution in [0.3, 0.4) is 0 Å². The number of carbonyl (C=O) groups excluding carboxylic acids is 2. The van der Waals surface area contributed by atoms with Gasteiger partial charge < -0.3 is 5.32 Å². The van der Waals surface area contributed by atoms with Crippen LogP contribution in [0.2, 0.25) is 0 Å². The maximum atomic E-state index is 12.6. The lowest BCUT2D eigenvalue weighted by Gasteiger charge is -2.38. The summed E-state index contributed by atoms with van der Waals surface area (Å²) in [5.41, 5.74) is -1.15. The molecule has 0 aliphatic heterocycles. The summed E-state index contributed by atoms with van der Waals surface area (Å²) in [4.78, 5) is 24.4. The summed E-state index contributed by atoms with van der Waals surface area (Å²) in [6, 6.07) is 0. The molecule has 3 heteroatoms. The van der Waals surface area contributed by atoms with Crippen molar-refractivity contribution in [2.45, 2.75) is 87.6 Å². The molecule has 0 aliphatic rings. The Bertz CT molecular complexity index is 398. The Morgan fingerprint density at radius 2 is 1.19 bits per heavy atom. The number of rotatable bonds is 6. The fourth-order valence-electron chi connectivity index (χ4n) is 3.16. The largest absolute Gasteiger partial charge is 0.351 e. The van der Waals surface area contributed by atoms with Crippen LogP contribution in [0.15, 0.2) is 0 Å². The smallest absolute Gasteiger partial charge is 0.226 e. The molecule has 0 aromatic rings. The summed E-state index contributed by atoms with van der Waals surface area (Å²) in [5, 5.41) is 3.16. The Morgan fingerprint density at radius 3 is 1.52 bits per heavy atom. The van der Waals surface area contributed by atoms with Gasteiger partial charge in [0.25, 0.3) is 0 Å². The third-order valence-corrected chi connectivity index (χ3v) is 3.88. The number of hydrogen-bond acceptors (Lipinski definition) is 2. The van der Waals surface area contributed by atoms with E-state index in [-0.39, 0.29) is 22.6 Å². The van der Waals surface area contributed by atoms with Crippen LogP contribution in [0, 0.1) is 16.2 Å². The average Bonchev–Trinajstić information content (AvgIpc) is 2.09. The van der Waals surface area contributed by atoms with Gasteiger partial charge in [-0.1, -0.05) is 48.5 Å². The van der Waals surface area contributed by atoms with E-state index in [1.165, 1.54) is 0 Å². The van der Waals surface area contributed by atoms with Crippen molar-refractivity contribution >= 4 is 11.7 Å². The van der Waals surface area contributed by atoms with Gasteiger partial charge in [-0.3, -0.25) is 9.59 Å². The van der Waals surface area contributed by atoms with E-state index in [4.69, 9.17) is 0 Å². The number of ketones is 1. The van der Waals surface area contributed by atoms with Crippen LogP contribution in [0.5, 0.6) is 0 Å². The van der Waals surface area contributed by atoms with E-state index in [2.05, 4.69) is 39.9 Å². The molecule has 0 aliphatic carbocycles. The Morgan fingerprint density at radius 1 is 0.762 bits per heavy atom. The molecule has 0 bridgehead atoms. The Hall–Kier alpha value is -0.860. The zero-order chi connectivity index (χ0) is 17.3. The van der Waals surface area contributed by atoms with Gasteiger partial charge >= 0.3 is 0 Å². The third kappa shape index (κ3) is 7.10. The van der Waals surface area contributed by atoms with Crippen LogP contribution in [-0.4, -0.2) is 17.2 Å². The molecular formula is C18H35NO2. The summed E-state index contributed by atoms with van der Waals surface area (Å²) >= 11 is 0.